The number of methoxy groups -OCH3 is 1. The summed E-state index contributed by atoms with van der Waals surface area (Å²) in [5.74, 6) is 0.912. The fraction of sp³-hybridized carbons (Fsp3) is 0.727. The van der Waals surface area contributed by atoms with E-state index in [1.165, 1.54) is 7.11 Å². The Labute approximate surface area is 101 Å². The maximum absolute atomic E-state index is 11.1. The van der Waals surface area contributed by atoms with Gasteiger partial charge in [0.2, 0.25) is 11.8 Å². The van der Waals surface area contributed by atoms with Crippen molar-refractivity contribution in [1.82, 2.24) is 15.1 Å². The van der Waals surface area contributed by atoms with Gasteiger partial charge in [-0.15, -0.1) is 10.2 Å². The summed E-state index contributed by atoms with van der Waals surface area (Å²) in [4.78, 5) is 13.2. The average Bonchev–Trinajstić information content (AvgIpc) is 2.69. The van der Waals surface area contributed by atoms with Gasteiger partial charge in [-0.1, -0.05) is 0 Å². The Kier molecular flexibility index (Phi) is 5.09. The highest BCUT2D eigenvalue weighted by molar-refractivity contribution is 5.69. The molecule has 0 spiro atoms. The van der Waals surface area contributed by atoms with Crippen LogP contribution in [0.15, 0.2) is 4.42 Å². The molecule has 0 saturated heterocycles. The molecule has 0 aromatic carbocycles. The first-order valence-electron chi connectivity index (χ1n) is 5.62. The molecule has 0 aliphatic heterocycles. The van der Waals surface area contributed by atoms with Crippen molar-refractivity contribution in [2.24, 2.45) is 0 Å². The number of aromatic nitrogens is 2. The molecule has 0 bridgehead atoms. The molecule has 96 valence electrons. The molecule has 6 nitrogen and oxygen atoms in total. The fourth-order valence-corrected chi connectivity index (χ4v) is 1.43. The van der Waals surface area contributed by atoms with E-state index in [4.69, 9.17) is 4.42 Å². The van der Waals surface area contributed by atoms with Crippen LogP contribution in [0.5, 0.6) is 0 Å². The molecule has 0 amide bonds. The molecule has 0 aliphatic carbocycles. The molecule has 0 saturated carbocycles. The highest BCUT2D eigenvalue weighted by Crippen LogP contribution is 2.08. The molecule has 1 rings (SSSR count). The summed E-state index contributed by atoms with van der Waals surface area (Å²) in [6.07, 6.45) is 0.363. The topological polar surface area (TPSA) is 68.5 Å². The van der Waals surface area contributed by atoms with Gasteiger partial charge >= 0.3 is 5.97 Å². The molecule has 0 N–H and O–H groups in total. The number of ether oxygens (including phenoxy) is 1. The maximum Gasteiger partial charge on any atom is 0.306 e. The molecule has 1 heterocycles. The second-order valence-electron chi connectivity index (χ2n) is 4.11. The molecule has 0 radical (unpaired) electrons. The smallest absolute Gasteiger partial charge is 0.306 e. The summed E-state index contributed by atoms with van der Waals surface area (Å²) in [5, 5.41) is 7.72. The lowest BCUT2D eigenvalue weighted by molar-refractivity contribution is -0.141. The summed E-state index contributed by atoms with van der Waals surface area (Å²) in [5.41, 5.74) is 0. The van der Waals surface area contributed by atoms with Crippen LogP contribution >= 0.6 is 0 Å². The van der Waals surface area contributed by atoms with Crippen LogP contribution in [0.1, 0.15) is 32.0 Å². The number of aryl methyl sites for hydroxylation is 1. The third-order valence-corrected chi connectivity index (χ3v) is 2.47. The molecule has 0 aliphatic rings. The maximum atomic E-state index is 11.1. The van der Waals surface area contributed by atoms with Gasteiger partial charge in [-0.2, -0.15) is 0 Å². The van der Waals surface area contributed by atoms with E-state index in [9.17, 15) is 4.79 Å². The van der Waals surface area contributed by atoms with Crippen LogP contribution in [0.4, 0.5) is 0 Å². The van der Waals surface area contributed by atoms with Gasteiger partial charge in [0.05, 0.1) is 20.1 Å². The van der Waals surface area contributed by atoms with Crippen LogP contribution in [0.2, 0.25) is 0 Å². The Morgan fingerprint density at radius 3 is 2.65 bits per heavy atom. The van der Waals surface area contributed by atoms with Gasteiger partial charge in [-0.05, 0) is 13.8 Å². The molecule has 6 heteroatoms. The van der Waals surface area contributed by atoms with Crippen LogP contribution in [0.25, 0.3) is 0 Å². The third-order valence-electron chi connectivity index (χ3n) is 2.47. The van der Waals surface area contributed by atoms with E-state index in [-0.39, 0.29) is 5.97 Å². The Morgan fingerprint density at radius 1 is 1.47 bits per heavy atom. The lowest BCUT2D eigenvalue weighted by Gasteiger charge is -2.24. The average molecular weight is 241 g/mol. The summed E-state index contributed by atoms with van der Waals surface area (Å²) < 4.78 is 9.93. The first kappa shape index (κ1) is 13.6. The van der Waals surface area contributed by atoms with Gasteiger partial charge in [0, 0.05) is 19.5 Å². The molecule has 0 fully saturated rings. The standard InChI is InChI=1S/C11H19N3O3/c1-8(2)14(6-5-11(15)16-4)7-10-13-12-9(3)17-10/h8H,5-7H2,1-4H3. The van der Waals surface area contributed by atoms with Crippen LogP contribution in [-0.2, 0) is 16.1 Å². The minimum Gasteiger partial charge on any atom is -0.469 e. The minimum atomic E-state index is -0.211. The number of hydrogen-bond acceptors (Lipinski definition) is 6. The van der Waals surface area contributed by atoms with Gasteiger partial charge in [0.25, 0.3) is 0 Å². The van der Waals surface area contributed by atoms with E-state index in [0.29, 0.717) is 37.3 Å². The van der Waals surface area contributed by atoms with E-state index < -0.39 is 0 Å². The molecular weight excluding hydrogens is 222 g/mol. The van der Waals surface area contributed by atoms with Crippen molar-refractivity contribution >= 4 is 5.97 Å². The highest BCUT2D eigenvalue weighted by atomic mass is 16.5. The number of hydrogen-bond donors (Lipinski definition) is 0. The Balaban J connectivity index is 2.51. The van der Waals surface area contributed by atoms with E-state index in [1.54, 1.807) is 6.92 Å². The van der Waals surface area contributed by atoms with Crippen molar-refractivity contribution in [3.05, 3.63) is 11.8 Å². The van der Waals surface area contributed by atoms with Gasteiger partial charge in [-0.25, -0.2) is 0 Å². The number of carbonyl (C=O) groups excluding carboxylic acids is 1. The minimum absolute atomic E-state index is 0.211. The van der Waals surface area contributed by atoms with E-state index in [0.717, 1.165) is 0 Å². The second-order valence-corrected chi connectivity index (χ2v) is 4.11. The van der Waals surface area contributed by atoms with E-state index in [1.807, 2.05) is 0 Å². The largest absolute Gasteiger partial charge is 0.469 e. The first-order chi connectivity index (χ1) is 8.02. The number of rotatable bonds is 6. The summed E-state index contributed by atoms with van der Waals surface area (Å²) in [6, 6.07) is 0.298. The van der Waals surface area contributed by atoms with Crippen LogP contribution in [0, 0.1) is 6.92 Å². The highest BCUT2D eigenvalue weighted by Gasteiger charge is 2.15. The van der Waals surface area contributed by atoms with Gasteiger partial charge in [0.15, 0.2) is 0 Å². The molecule has 0 atom stereocenters. The van der Waals surface area contributed by atoms with Crippen LogP contribution in [-0.4, -0.2) is 40.8 Å². The van der Waals surface area contributed by atoms with Crippen molar-refractivity contribution in [2.45, 2.75) is 39.8 Å². The van der Waals surface area contributed by atoms with Crippen LogP contribution in [0.3, 0.4) is 0 Å². The molecular formula is C11H19N3O3. The zero-order chi connectivity index (χ0) is 12.8. The lowest BCUT2D eigenvalue weighted by atomic mass is 10.3. The van der Waals surface area contributed by atoms with E-state index in [2.05, 4.69) is 33.7 Å². The van der Waals surface area contributed by atoms with Crippen LogP contribution < -0.4 is 0 Å². The monoisotopic (exact) mass is 241 g/mol. The molecule has 17 heavy (non-hydrogen) atoms. The molecule has 1 aromatic heterocycles. The SMILES string of the molecule is COC(=O)CCN(Cc1nnc(C)o1)C(C)C. The Morgan fingerprint density at radius 2 is 2.18 bits per heavy atom. The zero-order valence-electron chi connectivity index (χ0n) is 10.8. The van der Waals surface area contributed by atoms with Crippen molar-refractivity contribution in [2.75, 3.05) is 13.7 Å². The van der Waals surface area contributed by atoms with Crippen molar-refractivity contribution < 1.29 is 13.9 Å². The van der Waals surface area contributed by atoms with Crippen molar-refractivity contribution in [3.8, 4) is 0 Å². The van der Waals surface area contributed by atoms with Crippen molar-refractivity contribution in [3.63, 3.8) is 0 Å². The number of carbonyl (C=O) groups is 1. The predicted molar refractivity (Wildman–Crippen MR) is 61.2 cm³/mol. The van der Waals surface area contributed by atoms with Gasteiger partial charge in [-0.3, -0.25) is 9.69 Å². The Hall–Kier alpha value is -1.43. The summed E-state index contributed by atoms with van der Waals surface area (Å²) in [7, 11) is 1.39. The first-order valence-corrected chi connectivity index (χ1v) is 5.62. The van der Waals surface area contributed by atoms with Gasteiger partial charge in [0.1, 0.15) is 0 Å². The quantitative estimate of drug-likeness (QED) is 0.696. The fourth-order valence-electron chi connectivity index (χ4n) is 1.43. The summed E-state index contributed by atoms with van der Waals surface area (Å²) >= 11 is 0. The van der Waals surface area contributed by atoms with Gasteiger partial charge < -0.3 is 9.15 Å². The normalized spacial score (nSPS) is 11.2. The molecule has 0 unspecified atom stereocenters. The molecule has 1 aromatic rings. The summed E-state index contributed by atoms with van der Waals surface area (Å²) in [6.45, 7) is 7.03. The third kappa shape index (κ3) is 4.52. The zero-order valence-corrected chi connectivity index (χ0v) is 10.8. The lowest BCUT2D eigenvalue weighted by Crippen LogP contribution is -2.32. The predicted octanol–water partition coefficient (Wildman–Crippen LogP) is 1.15. The van der Waals surface area contributed by atoms with E-state index >= 15 is 0 Å². The number of esters is 1. The second kappa shape index (κ2) is 6.34. The number of nitrogens with zero attached hydrogens (tertiary/aromatic N) is 3. The van der Waals surface area contributed by atoms with Crippen molar-refractivity contribution in [1.29, 1.82) is 0 Å². The Bertz CT molecular complexity index is 363.